The lowest BCUT2D eigenvalue weighted by molar-refractivity contribution is 0.0599. The summed E-state index contributed by atoms with van der Waals surface area (Å²) < 4.78 is 4.64. The molecule has 0 amide bonds. The molecule has 96 valence electrons. The molecule has 1 aromatic carbocycles. The molecule has 2 rings (SSSR count). The van der Waals surface area contributed by atoms with Crippen LogP contribution >= 0.6 is 0 Å². The van der Waals surface area contributed by atoms with Gasteiger partial charge in [0.1, 0.15) is 5.69 Å². The van der Waals surface area contributed by atoms with Crippen molar-refractivity contribution in [1.82, 2.24) is 4.98 Å². The minimum absolute atomic E-state index is 0.0408. The zero-order chi connectivity index (χ0) is 13.8. The van der Waals surface area contributed by atoms with E-state index in [4.69, 9.17) is 5.11 Å². The second-order valence-electron chi connectivity index (χ2n) is 3.79. The van der Waals surface area contributed by atoms with Crippen LogP contribution in [0.5, 0.6) is 0 Å². The maximum absolute atomic E-state index is 11.4. The van der Waals surface area contributed by atoms with Gasteiger partial charge in [0.05, 0.1) is 18.4 Å². The van der Waals surface area contributed by atoms with Gasteiger partial charge >= 0.3 is 11.9 Å². The molecule has 5 heteroatoms. The summed E-state index contributed by atoms with van der Waals surface area (Å²) in [5.74, 6) is -1.54. The fraction of sp³-hybridized carbons (Fsp3) is 0.0714. The highest BCUT2D eigenvalue weighted by atomic mass is 16.5. The van der Waals surface area contributed by atoms with E-state index in [-0.39, 0.29) is 5.69 Å². The highest BCUT2D eigenvalue weighted by Gasteiger charge is 2.09. The van der Waals surface area contributed by atoms with Crippen LogP contribution in [-0.4, -0.2) is 29.1 Å². The zero-order valence-corrected chi connectivity index (χ0v) is 10.2. The number of aromatic carboxylic acids is 1. The number of rotatable bonds is 3. The van der Waals surface area contributed by atoms with Crippen LogP contribution in [0.15, 0.2) is 42.5 Å². The molecule has 0 atom stereocenters. The molecular weight excluding hydrogens is 246 g/mol. The van der Waals surface area contributed by atoms with Crippen LogP contribution in [0.1, 0.15) is 20.8 Å². The summed E-state index contributed by atoms with van der Waals surface area (Å²) in [7, 11) is 1.30. The lowest BCUT2D eigenvalue weighted by Crippen LogP contribution is -2.02. The van der Waals surface area contributed by atoms with Gasteiger partial charge in [0.25, 0.3) is 0 Å². The maximum atomic E-state index is 11.4. The van der Waals surface area contributed by atoms with Gasteiger partial charge in [-0.25, -0.2) is 14.6 Å². The Morgan fingerprint density at radius 2 is 1.89 bits per heavy atom. The molecule has 0 aliphatic rings. The van der Waals surface area contributed by atoms with Crippen LogP contribution < -0.4 is 0 Å². The summed E-state index contributed by atoms with van der Waals surface area (Å²) in [6, 6.07) is 11.4. The quantitative estimate of drug-likeness (QED) is 0.853. The van der Waals surface area contributed by atoms with Gasteiger partial charge in [-0.3, -0.25) is 0 Å². The lowest BCUT2D eigenvalue weighted by atomic mass is 10.1. The van der Waals surface area contributed by atoms with Gasteiger partial charge in [-0.1, -0.05) is 18.2 Å². The van der Waals surface area contributed by atoms with E-state index < -0.39 is 11.9 Å². The van der Waals surface area contributed by atoms with Crippen molar-refractivity contribution in [2.75, 3.05) is 7.11 Å². The molecule has 1 N–H and O–H groups in total. The van der Waals surface area contributed by atoms with Crippen molar-refractivity contribution >= 4 is 11.9 Å². The molecule has 19 heavy (non-hydrogen) atoms. The molecule has 0 aliphatic carbocycles. The number of carboxylic acids is 1. The van der Waals surface area contributed by atoms with E-state index in [1.165, 1.54) is 13.2 Å². The summed E-state index contributed by atoms with van der Waals surface area (Å²) in [6.07, 6.45) is 0. The molecular formula is C14H11NO4. The number of benzene rings is 1. The van der Waals surface area contributed by atoms with Gasteiger partial charge in [-0.15, -0.1) is 0 Å². The van der Waals surface area contributed by atoms with E-state index in [2.05, 4.69) is 9.72 Å². The summed E-state index contributed by atoms with van der Waals surface area (Å²) in [4.78, 5) is 26.3. The molecule has 1 heterocycles. The lowest BCUT2D eigenvalue weighted by Gasteiger charge is -2.04. The first-order valence-corrected chi connectivity index (χ1v) is 5.51. The molecule has 0 bridgehead atoms. The van der Waals surface area contributed by atoms with Crippen molar-refractivity contribution in [2.24, 2.45) is 0 Å². The third kappa shape index (κ3) is 2.77. The Bertz CT molecular complexity index is 637. The highest BCUT2D eigenvalue weighted by Crippen LogP contribution is 2.19. The van der Waals surface area contributed by atoms with Gasteiger partial charge in [0, 0.05) is 5.56 Å². The number of nitrogens with zero attached hydrogens (tertiary/aromatic N) is 1. The predicted molar refractivity (Wildman–Crippen MR) is 68.0 cm³/mol. The highest BCUT2D eigenvalue weighted by molar-refractivity contribution is 5.91. The normalized spacial score (nSPS) is 9.95. The Kier molecular flexibility index (Phi) is 3.56. The topological polar surface area (TPSA) is 76.5 Å². The second kappa shape index (κ2) is 5.30. The number of carboxylic acid groups (broad SMARTS) is 1. The number of carbonyl (C=O) groups excluding carboxylic acids is 1. The van der Waals surface area contributed by atoms with Crippen molar-refractivity contribution < 1.29 is 19.4 Å². The van der Waals surface area contributed by atoms with E-state index in [0.29, 0.717) is 16.8 Å². The Morgan fingerprint density at radius 3 is 2.58 bits per heavy atom. The molecule has 0 aliphatic heterocycles. The Balaban J connectivity index is 2.44. The van der Waals surface area contributed by atoms with Gasteiger partial charge < -0.3 is 9.84 Å². The maximum Gasteiger partial charge on any atom is 0.354 e. The molecule has 0 spiro atoms. The largest absolute Gasteiger partial charge is 0.477 e. The van der Waals surface area contributed by atoms with Crippen LogP contribution in [0, 0.1) is 0 Å². The summed E-state index contributed by atoms with van der Waals surface area (Å²) in [5.41, 5.74) is 1.50. The number of aromatic nitrogens is 1. The smallest absolute Gasteiger partial charge is 0.354 e. The summed E-state index contributed by atoms with van der Waals surface area (Å²) in [6.45, 7) is 0. The van der Waals surface area contributed by atoms with Crippen molar-refractivity contribution in [3.05, 3.63) is 53.7 Å². The van der Waals surface area contributed by atoms with Gasteiger partial charge in [-0.05, 0) is 24.3 Å². The molecule has 1 aromatic heterocycles. The van der Waals surface area contributed by atoms with Crippen LogP contribution in [0.3, 0.4) is 0 Å². The van der Waals surface area contributed by atoms with E-state index in [0.717, 1.165) is 0 Å². The Hall–Kier alpha value is -2.69. The minimum atomic E-state index is -1.09. The summed E-state index contributed by atoms with van der Waals surface area (Å²) in [5, 5.41) is 8.90. The van der Waals surface area contributed by atoms with Crippen LogP contribution in [-0.2, 0) is 4.74 Å². The molecule has 5 nitrogen and oxygen atoms in total. The van der Waals surface area contributed by atoms with Crippen molar-refractivity contribution in [2.45, 2.75) is 0 Å². The van der Waals surface area contributed by atoms with Crippen LogP contribution in [0.2, 0.25) is 0 Å². The van der Waals surface area contributed by atoms with E-state index in [9.17, 15) is 9.59 Å². The number of esters is 1. The number of hydrogen-bond acceptors (Lipinski definition) is 4. The first kappa shape index (κ1) is 12.8. The van der Waals surface area contributed by atoms with Crippen LogP contribution in [0.4, 0.5) is 0 Å². The monoisotopic (exact) mass is 257 g/mol. The minimum Gasteiger partial charge on any atom is -0.477 e. The third-order valence-electron chi connectivity index (χ3n) is 2.55. The van der Waals surface area contributed by atoms with Gasteiger partial charge in [0.15, 0.2) is 0 Å². The summed E-state index contributed by atoms with van der Waals surface area (Å²) >= 11 is 0. The SMILES string of the molecule is COC(=O)c1cccc(-c2cccc(C(=O)O)n2)c1. The number of carbonyl (C=O) groups is 2. The van der Waals surface area contributed by atoms with Crippen LogP contribution in [0.25, 0.3) is 11.3 Å². The third-order valence-corrected chi connectivity index (χ3v) is 2.55. The standard InChI is InChI=1S/C14H11NO4/c1-19-14(18)10-5-2-4-9(8-10)11-6-3-7-12(15-11)13(16)17/h2-8H,1H3,(H,16,17). The Morgan fingerprint density at radius 1 is 1.16 bits per heavy atom. The fourth-order valence-corrected chi connectivity index (χ4v) is 1.64. The predicted octanol–water partition coefficient (Wildman–Crippen LogP) is 2.23. The molecule has 0 fully saturated rings. The second-order valence-corrected chi connectivity index (χ2v) is 3.79. The zero-order valence-electron chi connectivity index (χ0n) is 10.2. The molecule has 2 aromatic rings. The van der Waals surface area contributed by atoms with E-state index in [1.54, 1.807) is 36.4 Å². The Labute approximate surface area is 109 Å². The first-order valence-electron chi connectivity index (χ1n) is 5.51. The number of pyridine rings is 1. The van der Waals surface area contributed by atoms with Gasteiger partial charge in [-0.2, -0.15) is 0 Å². The molecule has 0 saturated heterocycles. The number of hydrogen-bond donors (Lipinski definition) is 1. The van der Waals surface area contributed by atoms with Gasteiger partial charge in [0.2, 0.25) is 0 Å². The average molecular weight is 257 g/mol. The molecule has 0 saturated carbocycles. The fourth-order valence-electron chi connectivity index (χ4n) is 1.64. The van der Waals surface area contributed by atoms with E-state index >= 15 is 0 Å². The number of ether oxygens (including phenoxy) is 1. The van der Waals surface area contributed by atoms with Crippen molar-refractivity contribution in [3.8, 4) is 11.3 Å². The average Bonchev–Trinajstić information content (AvgIpc) is 2.46. The molecule has 0 unspecified atom stereocenters. The van der Waals surface area contributed by atoms with Crippen molar-refractivity contribution in [3.63, 3.8) is 0 Å². The first-order chi connectivity index (χ1) is 9.11. The molecule has 0 radical (unpaired) electrons. The van der Waals surface area contributed by atoms with Crippen molar-refractivity contribution in [1.29, 1.82) is 0 Å². The van der Waals surface area contributed by atoms with E-state index in [1.807, 2.05) is 0 Å². The number of methoxy groups -OCH3 is 1.